The summed E-state index contributed by atoms with van der Waals surface area (Å²) < 4.78 is 4.20. The van der Waals surface area contributed by atoms with Crippen LogP contribution in [0.25, 0.3) is 11.2 Å². The van der Waals surface area contributed by atoms with E-state index in [9.17, 15) is 19.5 Å². The van der Waals surface area contributed by atoms with Gasteiger partial charge in [-0.25, -0.2) is 14.3 Å². The summed E-state index contributed by atoms with van der Waals surface area (Å²) in [5.41, 5.74) is 0.642. The number of aliphatic hydroxyl groups excluding tert-OH is 1. The number of thiophene rings is 1. The molecular weight excluding hydrogens is 430 g/mol. The quantitative estimate of drug-likeness (QED) is 0.553. The van der Waals surface area contributed by atoms with Crippen molar-refractivity contribution in [1.82, 2.24) is 23.6 Å². The number of imidazole rings is 1. The average Bonchev–Trinajstić information content (AvgIpc) is 3.41. The lowest BCUT2D eigenvalue weighted by atomic mass is 10.1. The summed E-state index contributed by atoms with van der Waals surface area (Å²) in [4.78, 5) is 47.2. The molecule has 0 fully saturated rings. The summed E-state index contributed by atoms with van der Waals surface area (Å²) in [5, 5.41) is 11.8. The third-order valence-corrected chi connectivity index (χ3v) is 6.99. The van der Waals surface area contributed by atoms with Crippen LogP contribution in [0.5, 0.6) is 0 Å². The van der Waals surface area contributed by atoms with Gasteiger partial charge in [-0.3, -0.25) is 14.2 Å². The number of aryl methyl sites for hydroxylation is 2. The van der Waals surface area contributed by atoms with E-state index in [4.69, 9.17) is 0 Å². The molecule has 1 aliphatic rings. The molecule has 3 aromatic rings. The van der Waals surface area contributed by atoms with Gasteiger partial charge in [-0.2, -0.15) is 0 Å². The first-order chi connectivity index (χ1) is 15.5. The van der Waals surface area contributed by atoms with E-state index in [1.54, 1.807) is 20.8 Å². The van der Waals surface area contributed by atoms with E-state index in [-0.39, 0.29) is 30.2 Å². The summed E-state index contributed by atoms with van der Waals surface area (Å²) in [6.45, 7) is 5.33. The van der Waals surface area contributed by atoms with Crippen LogP contribution in [0.4, 0.5) is 0 Å². The molecule has 1 amide bonds. The highest BCUT2D eigenvalue weighted by atomic mass is 32.1. The molecule has 0 unspecified atom stereocenters. The molecule has 0 saturated heterocycles. The van der Waals surface area contributed by atoms with Gasteiger partial charge in [-0.05, 0) is 36.3 Å². The largest absolute Gasteiger partial charge is 0.388 e. The molecular formula is C22H29N5O4S. The zero-order valence-corrected chi connectivity index (χ0v) is 19.4. The molecule has 32 heavy (non-hydrogen) atoms. The molecule has 1 N–H and O–H groups in total. The predicted octanol–water partition coefficient (Wildman–Crippen LogP) is 1.71. The molecule has 0 saturated carbocycles. The Morgan fingerprint density at radius 1 is 1.16 bits per heavy atom. The number of hydrogen-bond donors (Lipinski definition) is 1. The van der Waals surface area contributed by atoms with Gasteiger partial charge in [-0.15, -0.1) is 11.3 Å². The van der Waals surface area contributed by atoms with Crippen LogP contribution in [0.2, 0.25) is 0 Å². The van der Waals surface area contributed by atoms with Crippen LogP contribution in [0, 0.1) is 0 Å². The SMILES string of the molecule is CCCCn1c(=O)n(CC(=O)N2CCc3sccc3C2)c(=O)c2c1nc(CO)n2CCC. The first-order valence-corrected chi connectivity index (χ1v) is 12.0. The third kappa shape index (κ3) is 3.93. The summed E-state index contributed by atoms with van der Waals surface area (Å²) in [6.07, 6.45) is 3.13. The van der Waals surface area contributed by atoms with E-state index < -0.39 is 11.2 Å². The van der Waals surface area contributed by atoms with Crippen molar-refractivity contribution in [2.75, 3.05) is 6.54 Å². The van der Waals surface area contributed by atoms with Gasteiger partial charge in [-0.1, -0.05) is 20.3 Å². The number of aliphatic hydroxyl groups is 1. The predicted molar refractivity (Wildman–Crippen MR) is 123 cm³/mol. The second kappa shape index (κ2) is 9.41. The molecule has 0 bridgehead atoms. The summed E-state index contributed by atoms with van der Waals surface area (Å²) >= 11 is 1.69. The Morgan fingerprint density at radius 3 is 2.69 bits per heavy atom. The van der Waals surface area contributed by atoms with Crippen molar-refractivity contribution in [1.29, 1.82) is 0 Å². The van der Waals surface area contributed by atoms with E-state index in [1.807, 2.05) is 25.3 Å². The second-order valence-electron chi connectivity index (χ2n) is 8.12. The summed E-state index contributed by atoms with van der Waals surface area (Å²) in [6, 6.07) is 2.02. The highest BCUT2D eigenvalue weighted by molar-refractivity contribution is 7.10. The van der Waals surface area contributed by atoms with Gasteiger partial charge in [0.05, 0.1) is 0 Å². The zero-order valence-electron chi connectivity index (χ0n) is 18.5. The molecule has 1 aliphatic heterocycles. The fourth-order valence-corrected chi connectivity index (χ4v) is 5.16. The van der Waals surface area contributed by atoms with Gasteiger partial charge < -0.3 is 14.6 Å². The lowest BCUT2D eigenvalue weighted by Crippen LogP contribution is -2.46. The highest BCUT2D eigenvalue weighted by Gasteiger charge is 2.25. The lowest BCUT2D eigenvalue weighted by molar-refractivity contribution is -0.132. The Hall–Kier alpha value is -2.72. The number of nitrogens with zero attached hydrogens (tertiary/aromatic N) is 5. The molecule has 3 aromatic heterocycles. The molecule has 10 heteroatoms. The molecule has 0 aliphatic carbocycles. The van der Waals surface area contributed by atoms with Gasteiger partial charge in [0, 0.05) is 31.1 Å². The maximum Gasteiger partial charge on any atom is 0.333 e. The number of fused-ring (bicyclic) bond motifs is 2. The Balaban J connectivity index is 1.78. The maximum absolute atomic E-state index is 13.4. The molecule has 0 spiro atoms. The van der Waals surface area contributed by atoms with E-state index in [2.05, 4.69) is 4.98 Å². The van der Waals surface area contributed by atoms with Crippen molar-refractivity contribution in [2.45, 2.75) is 72.3 Å². The number of carbonyl (C=O) groups is 1. The number of hydrogen-bond acceptors (Lipinski definition) is 6. The molecule has 0 atom stereocenters. The minimum absolute atomic E-state index is 0.244. The van der Waals surface area contributed by atoms with Crippen LogP contribution < -0.4 is 11.2 Å². The molecule has 9 nitrogen and oxygen atoms in total. The van der Waals surface area contributed by atoms with Gasteiger partial charge in [0.15, 0.2) is 11.2 Å². The lowest BCUT2D eigenvalue weighted by Gasteiger charge is -2.27. The first-order valence-electron chi connectivity index (χ1n) is 11.2. The van der Waals surface area contributed by atoms with Gasteiger partial charge >= 0.3 is 5.69 Å². The highest BCUT2D eigenvalue weighted by Crippen LogP contribution is 2.24. The first kappa shape index (κ1) is 22.5. The van der Waals surface area contributed by atoms with Crippen molar-refractivity contribution in [3.63, 3.8) is 0 Å². The minimum atomic E-state index is -0.528. The van der Waals surface area contributed by atoms with Crippen LogP contribution in [0.3, 0.4) is 0 Å². The number of amides is 1. The fourth-order valence-electron chi connectivity index (χ4n) is 4.27. The Kier molecular flexibility index (Phi) is 6.61. The second-order valence-corrected chi connectivity index (χ2v) is 9.12. The van der Waals surface area contributed by atoms with E-state index in [0.29, 0.717) is 32.0 Å². The van der Waals surface area contributed by atoms with Gasteiger partial charge in [0.1, 0.15) is 19.0 Å². The zero-order chi connectivity index (χ0) is 22.8. The average molecular weight is 460 g/mol. The molecule has 4 heterocycles. The van der Waals surface area contributed by atoms with E-state index in [0.717, 1.165) is 35.8 Å². The van der Waals surface area contributed by atoms with Crippen molar-refractivity contribution < 1.29 is 9.90 Å². The normalized spacial score (nSPS) is 13.7. The number of rotatable bonds is 8. The topological polar surface area (TPSA) is 102 Å². The molecule has 172 valence electrons. The molecule has 0 radical (unpaired) electrons. The van der Waals surface area contributed by atoms with Crippen LogP contribution in [-0.4, -0.2) is 41.1 Å². The molecule has 0 aromatic carbocycles. The summed E-state index contributed by atoms with van der Waals surface area (Å²) in [5.74, 6) is 0.111. The van der Waals surface area contributed by atoms with Crippen LogP contribution >= 0.6 is 11.3 Å². The monoisotopic (exact) mass is 459 g/mol. The maximum atomic E-state index is 13.4. The number of aromatic nitrogens is 4. The smallest absolute Gasteiger partial charge is 0.333 e. The van der Waals surface area contributed by atoms with Crippen LogP contribution in [-0.2, 0) is 44.0 Å². The van der Waals surface area contributed by atoms with Crippen LogP contribution in [0.15, 0.2) is 21.0 Å². The standard InChI is InChI=1S/C22H29N5O4S/c1-3-5-9-26-20-19(25(8-4-2)17(14-28)23-20)21(30)27(22(26)31)13-18(29)24-10-6-16-15(12-24)7-11-32-16/h7,11,28H,3-6,8-10,12-14H2,1-2H3. The van der Waals surface area contributed by atoms with Crippen LogP contribution in [0.1, 0.15) is 49.4 Å². The van der Waals surface area contributed by atoms with E-state index >= 15 is 0 Å². The van der Waals surface area contributed by atoms with Gasteiger partial charge in [0.2, 0.25) is 5.91 Å². The fraction of sp³-hybridized carbons (Fsp3) is 0.545. The molecule has 4 rings (SSSR count). The Labute approximate surface area is 189 Å². The number of carbonyl (C=O) groups excluding carboxylic acids is 1. The number of unbranched alkanes of at least 4 members (excludes halogenated alkanes) is 1. The van der Waals surface area contributed by atoms with E-state index in [1.165, 1.54) is 9.44 Å². The Morgan fingerprint density at radius 2 is 1.97 bits per heavy atom. The Bertz CT molecular complexity index is 1250. The van der Waals surface area contributed by atoms with Crippen molar-refractivity contribution >= 4 is 28.4 Å². The van der Waals surface area contributed by atoms with Crippen molar-refractivity contribution in [2.24, 2.45) is 0 Å². The van der Waals surface area contributed by atoms with Gasteiger partial charge in [0.25, 0.3) is 5.56 Å². The van der Waals surface area contributed by atoms with Crippen molar-refractivity contribution in [3.8, 4) is 0 Å². The minimum Gasteiger partial charge on any atom is -0.388 e. The third-order valence-electron chi connectivity index (χ3n) is 5.97. The van der Waals surface area contributed by atoms with Crippen molar-refractivity contribution in [3.05, 3.63) is 48.5 Å². The summed E-state index contributed by atoms with van der Waals surface area (Å²) in [7, 11) is 0.